The summed E-state index contributed by atoms with van der Waals surface area (Å²) in [4.78, 5) is -0.191. The molecule has 0 bridgehead atoms. The van der Waals surface area contributed by atoms with E-state index in [0.717, 1.165) is 31.4 Å². The fraction of sp³-hybridized carbons (Fsp3) is 0.571. The molecule has 20 heavy (non-hydrogen) atoms. The molecule has 0 heterocycles. The first-order valence-corrected chi connectivity index (χ1v) is 8.24. The van der Waals surface area contributed by atoms with Crippen LogP contribution < -0.4 is 4.72 Å². The molecule has 0 saturated heterocycles. The number of halogens is 1. The molecule has 0 unspecified atom stereocenters. The molecule has 1 rings (SSSR count). The molecule has 0 aliphatic heterocycles. The summed E-state index contributed by atoms with van der Waals surface area (Å²) in [6.07, 6.45) is 2.72. The van der Waals surface area contributed by atoms with Gasteiger partial charge in [-0.3, -0.25) is 0 Å². The lowest BCUT2D eigenvalue weighted by Gasteiger charge is -2.10. The molecule has 0 aromatic heterocycles. The van der Waals surface area contributed by atoms with Gasteiger partial charge in [0.25, 0.3) is 0 Å². The second-order valence-corrected chi connectivity index (χ2v) is 6.93. The maximum absolute atomic E-state index is 13.2. The molecule has 0 atom stereocenters. The predicted molar refractivity (Wildman–Crippen MR) is 76.2 cm³/mol. The van der Waals surface area contributed by atoms with Crippen molar-refractivity contribution in [1.29, 1.82) is 0 Å². The molecule has 0 aliphatic rings. The molecular formula is C14H22FNO3S. The number of aliphatic hydroxyl groups is 1. The molecule has 1 aromatic rings. The van der Waals surface area contributed by atoms with Gasteiger partial charge in [-0.05, 0) is 30.0 Å². The van der Waals surface area contributed by atoms with E-state index in [0.29, 0.717) is 12.5 Å². The zero-order valence-corrected chi connectivity index (χ0v) is 12.7. The summed E-state index contributed by atoms with van der Waals surface area (Å²) in [5, 5.41) is 9.13. The van der Waals surface area contributed by atoms with Crippen LogP contribution in [0.3, 0.4) is 0 Å². The maximum Gasteiger partial charge on any atom is 0.241 e. The second-order valence-electron chi connectivity index (χ2n) is 5.20. The second kappa shape index (κ2) is 7.71. The molecule has 0 amide bonds. The Labute approximate surface area is 120 Å². The summed E-state index contributed by atoms with van der Waals surface area (Å²) < 4.78 is 39.8. The summed E-state index contributed by atoms with van der Waals surface area (Å²) in [6.45, 7) is 4.11. The van der Waals surface area contributed by atoms with Crippen molar-refractivity contribution in [3.63, 3.8) is 0 Å². The van der Waals surface area contributed by atoms with Crippen LogP contribution in [-0.2, 0) is 16.6 Å². The summed E-state index contributed by atoms with van der Waals surface area (Å²) >= 11 is 0. The van der Waals surface area contributed by atoms with E-state index in [2.05, 4.69) is 18.6 Å². The molecule has 2 N–H and O–H groups in total. The fourth-order valence-electron chi connectivity index (χ4n) is 1.87. The highest BCUT2D eigenvalue weighted by Crippen LogP contribution is 2.17. The first-order valence-electron chi connectivity index (χ1n) is 6.75. The smallest absolute Gasteiger partial charge is 0.241 e. The van der Waals surface area contributed by atoms with Gasteiger partial charge in [-0.25, -0.2) is 17.5 Å². The van der Waals surface area contributed by atoms with Gasteiger partial charge in [-0.2, -0.15) is 0 Å². The highest BCUT2D eigenvalue weighted by molar-refractivity contribution is 7.89. The van der Waals surface area contributed by atoms with Crippen LogP contribution in [-0.4, -0.2) is 20.1 Å². The van der Waals surface area contributed by atoms with Gasteiger partial charge < -0.3 is 5.11 Å². The van der Waals surface area contributed by atoms with Crippen LogP contribution in [0.1, 0.15) is 38.7 Å². The average molecular weight is 303 g/mol. The van der Waals surface area contributed by atoms with Gasteiger partial charge in [0.05, 0.1) is 11.5 Å². The Morgan fingerprint density at radius 2 is 2.00 bits per heavy atom. The van der Waals surface area contributed by atoms with Crippen LogP contribution in [0.2, 0.25) is 0 Å². The lowest BCUT2D eigenvalue weighted by atomic mass is 10.1. The number of hydrogen-bond donors (Lipinski definition) is 2. The third-order valence-electron chi connectivity index (χ3n) is 2.99. The van der Waals surface area contributed by atoms with Gasteiger partial charge in [0.15, 0.2) is 0 Å². The number of hydrogen-bond acceptors (Lipinski definition) is 3. The lowest BCUT2D eigenvalue weighted by molar-refractivity contribution is 0.278. The molecule has 0 radical (unpaired) electrons. The Balaban J connectivity index is 2.67. The zero-order chi connectivity index (χ0) is 15.2. The number of benzene rings is 1. The monoisotopic (exact) mass is 303 g/mol. The van der Waals surface area contributed by atoms with Crippen molar-refractivity contribution in [3.8, 4) is 0 Å². The number of sulfonamides is 1. The fourth-order valence-corrected chi connectivity index (χ4v) is 3.19. The van der Waals surface area contributed by atoms with Crippen molar-refractivity contribution in [2.45, 2.75) is 44.6 Å². The minimum Gasteiger partial charge on any atom is -0.392 e. The standard InChI is InChI=1S/C14H22FNO3S/c1-11(2)5-3-4-8-16-20(18,19)14-9-13(15)7-6-12(14)10-17/h6-7,9,11,16-17H,3-5,8,10H2,1-2H3. The van der Waals surface area contributed by atoms with E-state index in [1.165, 1.54) is 6.07 Å². The number of aliphatic hydroxyl groups excluding tert-OH is 1. The molecular weight excluding hydrogens is 281 g/mol. The van der Waals surface area contributed by atoms with Gasteiger partial charge in [0.2, 0.25) is 10.0 Å². The van der Waals surface area contributed by atoms with Crippen LogP contribution in [0.5, 0.6) is 0 Å². The summed E-state index contributed by atoms with van der Waals surface area (Å²) in [7, 11) is -3.78. The average Bonchev–Trinajstić information content (AvgIpc) is 2.37. The Kier molecular flexibility index (Phi) is 6.58. The maximum atomic E-state index is 13.2. The molecule has 0 fully saturated rings. The normalized spacial score (nSPS) is 12.1. The van der Waals surface area contributed by atoms with E-state index >= 15 is 0 Å². The van der Waals surface area contributed by atoms with Gasteiger partial charge in [0.1, 0.15) is 5.82 Å². The molecule has 0 aliphatic carbocycles. The zero-order valence-electron chi connectivity index (χ0n) is 11.9. The largest absolute Gasteiger partial charge is 0.392 e. The van der Waals surface area contributed by atoms with E-state index in [4.69, 9.17) is 5.11 Å². The molecule has 0 saturated carbocycles. The van der Waals surface area contributed by atoms with E-state index in [9.17, 15) is 12.8 Å². The van der Waals surface area contributed by atoms with Crippen molar-refractivity contribution in [2.75, 3.05) is 6.54 Å². The van der Waals surface area contributed by atoms with Gasteiger partial charge >= 0.3 is 0 Å². The van der Waals surface area contributed by atoms with Crippen molar-refractivity contribution >= 4 is 10.0 Å². The van der Waals surface area contributed by atoms with Crippen molar-refractivity contribution in [1.82, 2.24) is 4.72 Å². The lowest BCUT2D eigenvalue weighted by Crippen LogP contribution is -2.26. The molecule has 1 aromatic carbocycles. The highest BCUT2D eigenvalue weighted by Gasteiger charge is 2.18. The van der Waals surface area contributed by atoms with E-state index < -0.39 is 22.4 Å². The van der Waals surface area contributed by atoms with E-state index in [1.54, 1.807) is 0 Å². The summed E-state index contributed by atoms with van der Waals surface area (Å²) in [6, 6.07) is 3.35. The van der Waals surface area contributed by atoms with Crippen molar-refractivity contribution in [3.05, 3.63) is 29.6 Å². The third-order valence-corrected chi connectivity index (χ3v) is 4.53. The Bertz CT molecular complexity index is 529. The van der Waals surface area contributed by atoms with Crippen molar-refractivity contribution < 1.29 is 17.9 Å². The van der Waals surface area contributed by atoms with Gasteiger partial charge in [-0.1, -0.05) is 32.8 Å². The predicted octanol–water partition coefficient (Wildman–Crippen LogP) is 2.42. The third kappa shape index (κ3) is 5.19. The van der Waals surface area contributed by atoms with E-state index in [1.807, 2.05) is 0 Å². The number of nitrogens with one attached hydrogen (secondary N) is 1. The highest BCUT2D eigenvalue weighted by atomic mass is 32.2. The Morgan fingerprint density at radius 3 is 2.60 bits per heavy atom. The van der Waals surface area contributed by atoms with E-state index in [-0.39, 0.29) is 10.5 Å². The topological polar surface area (TPSA) is 66.4 Å². The summed E-state index contributed by atoms with van der Waals surface area (Å²) in [5.41, 5.74) is 0.195. The number of unbranched alkanes of at least 4 members (excludes halogenated alkanes) is 1. The minimum atomic E-state index is -3.78. The molecule has 114 valence electrons. The first-order chi connectivity index (χ1) is 9.36. The van der Waals surface area contributed by atoms with Crippen LogP contribution in [0.25, 0.3) is 0 Å². The summed E-state index contributed by atoms with van der Waals surface area (Å²) in [5.74, 6) is -0.0433. The molecule has 4 nitrogen and oxygen atoms in total. The van der Waals surface area contributed by atoms with Crippen molar-refractivity contribution in [2.24, 2.45) is 5.92 Å². The molecule has 6 heteroatoms. The minimum absolute atomic E-state index is 0.191. The SMILES string of the molecule is CC(C)CCCCNS(=O)(=O)c1cc(F)ccc1CO. The molecule has 0 spiro atoms. The quantitative estimate of drug-likeness (QED) is 0.725. The van der Waals surface area contributed by atoms with Crippen LogP contribution in [0, 0.1) is 11.7 Å². The van der Waals surface area contributed by atoms with Crippen LogP contribution in [0.15, 0.2) is 23.1 Å². The number of rotatable bonds is 8. The Morgan fingerprint density at radius 1 is 1.30 bits per heavy atom. The first kappa shape index (κ1) is 17.1. The van der Waals surface area contributed by atoms with Gasteiger partial charge in [0, 0.05) is 6.54 Å². The van der Waals surface area contributed by atoms with Gasteiger partial charge in [-0.15, -0.1) is 0 Å². The Hall–Kier alpha value is -0.980. The van der Waals surface area contributed by atoms with Crippen LogP contribution in [0.4, 0.5) is 4.39 Å². The van der Waals surface area contributed by atoms with Crippen LogP contribution >= 0.6 is 0 Å².